The Morgan fingerprint density at radius 3 is 3.00 bits per heavy atom. The number of nitrogens with zero attached hydrogens (tertiary/aromatic N) is 2. The number of benzene rings is 1. The number of fused-ring (bicyclic) bond motifs is 1. The van der Waals surface area contributed by atoms with Gasteiger partial charge in [-0.3, -0.25) is 0 Å². The molecule has 0 aliphatic carbocycles. The van der Waals surface area contributed by atoms with E-state index in [1.807, 2.05) is 12.1 Å². The monoisotopic (exact) mass is 215 g/mol. The molecule has 16 heavy (non-hydrogen) atoms. The molecule has 0 aliphatic heterocycles. The Hall–Kier alpha value is -2.30. The fourth-order valence-corrected chi connectivity index (χ4v) is 1.71. The van der Waals surface area contributed by atoms with Crippen molar-refractivity contribution in [3.05, 3.63) is 30.9 Å². The number of H-pyrrole nitrogens is 1. The number of rotatable bonds is 2. The highest BCUT2D eigenvalue weighted by molar-refractivity contribution is 5.88. The van der Waals surface area contributed by atoms with E-state index in [9.17, 15) is 0 Å². The van der Waals surface area contributed by atoms with Gasteiger partial charge in [-0.15, -0.1) is 0 Å². The third-order valence-electron chi connectivity index (χ3n) is 2.41. The van der Waals surface area contributed by atoms with Crippen LogP contribution in [0.5, 0.6) is 5.75 Å². The summed E-state index contributed by atoms with van der Waals surface area (Å²) in [7, 11) is 1.61. The number of aromatic nitrogens is 3. The van der Waals surface area contributed by atoms with Crippen molar-refractivity contribution in [3.8, 4) is 17.2 Å². The van der Waals surface area contributed by atoms with Crippen LogP contribution in [0.2, 0.25) is 0 Å². The van der Waals surface area contributed by atoms with Crippen LogP contribution in [0.25, 0.3) is 22.5 Å². The maximum atomic E-state index is 5.36. The van der Waals surface area contributed by atoms with Gasteiger partial charge in [-0.25, -0.2) is 9.97 Å². The predicted octanol–water partition coefficient (Wildman–Crippen LogP) is 2.23. The number of imidazole rings is 1. The molecule has 5 nitrogen and oxygen atoms in total. The summed E-state index contributed by atoms with van der Waals surface area (Å²) in [5.41, 5.74) is 2.50. The van der Waals surface area contributed by atoms with Crippen molar-refractivity contribution < 1.29 is 9.15 Å². The van der Waals surface area contributed by atoms with Gasteiger partial charge in [0.2, 0.25) is 5.89 Å². The molecule has 1 N–H and O–H groups in total. The van der Waals surface area contributed by atoms with Crippen LogP contribution >= 0.6 is 0 Å². The first-order valence-corrected chi connectivity index (χ1v) is 4.80. The van der Waals surface area contributed by atoms with Gasteiger partial charge in [0.05, 0.1) is 30.7 Å². The number of hydrogen-bond acceptors (Lipinski definition) is 4. The molecule has 3 rings (SSSR count). The summed E-state index contributed by atoms with van der Waals surface area (Å²) in [6.45, 7) is 0. The summed E-state index contributed by atoms with van der Waals surface area (Å²) < 4.78 is 10.6. The molecule has 0 bridgehead atoms. The first-order valence-electron chi connectivity index (χ1n) is 4.80. The highest BCUT2D eigenvalue weighted by Crippen LogP contribution is 2.34. The van der Waals surface area contributed by atoms with Gasteiger partial charge in [0.1, 0.15) is 11.8 Å². The third kappa shape index (κ3) is 1.18. The number of hydrogen-bond donors (Lipinski definition) is 1. The Morgan fingerprint density at radius 2 is 2.25 bits per heavy atom. The van der Waals surface area contributed by atoms with Gasteiger partial charge in [0.15, 0.2) is 5.75 Å². The molecule has 80 valence electrons. The van der Waals surface area contributed by atoms with Crippen molar-refractivity contribution in [1.29, 1.82) is 0 Å². The van der Waals surface area contributed by atoms with Crippen molar-refractivity contribution in [2.24, 2.45) is 0 Å². The minimum atomic E-state index is 0.529. The second-order valence-electron chi connectivity index (χ2n) is 3.28. The van der Waals surface area contributed by atoms with Crippen LogP contribution in [-0.4, -0.2) is 22.1 Å². The van der Waals surface area contributed by atoms with Crippen LogP contribution < -0.4 is 4.74 Å². The van der Waals surface area contributed by atoms with Crippen molar-refractivity contribution >= 4 is 11.0 Å². The normalized spacial score (nSPS) is 10.8. The molecule has 0 radical (unpaired) electrons. The zero-order valence-corrected chi connectivity index (χ0v) is 8.60. The van der Waals surface area contributed by atoms with Gasteiger partial charge >= 0.3 is 0 Å². The summed E-state index contributed by atoms with van der Waals surface area (Å²) in [6.07, 6.45) is 4.76. The molecular weight excluding hydrogens is 206 g/mol. The molecular formula is C11H9N3O2. The highest BCUT2D eigenvalue weighted by atomic mass is 16.5. The average molecular weight is 215 g/mol. The predicted molar refractivity (Wildman–Crippen MR) is 58.1 cm³/mol. The summed E-state index contributed by atoms with van der Waals surface area (Å²) in [4.78, 5) is 11.3. The molecule has 0 unspecified atom stereocenters. The zero-order chi connectivity index (χ0) is 11.0. The van der Waals surface area contributed by atoms with Crippen LogP contribution in [0, 0.1) is 0 Å². The van der Waals surface area contributed by atoms with Crippen molar-refractivity contribution in [2.45, 2.75) is 0 Å². The highest BCUT2D eigenvalue weighted by Gasteiger charge is 2.14. The topological polar surface area (TPSA) is 63.9 Å². The number of oxazole rings is 1. The van der Waals surface area contributed by atoms with Gasteiger partial charge in [0, 0.05) is 0 Å². The summed E-state index contributed by atoms with van der Waals surface area (Å²) in [5, 5.41) is 0. The average Bonchev–Trinajstić information content (AvgIpc) is 2.97. The molecule has 3 aromatic rings. The van der Waals surface area contributed by atoms with Crippen LogP contribution in [0.15, 0.2) is 35.3 Å². The lowest BCUT2D eigenvalue weighted by Crippen LogP contribution is -1.89. The Morgan fingerprint density at radius 1 is 1.31 bits per heavy atom. The zero-order valence-electron chi connectivity index (χ0n) is 8.60. The molecule has 0 saturated heterocycles. The van der Waals surface area contributed by atoms with Gasteiger partial charge in [-0.05, 0) is 12.1 Å². The van der Waals surface area contributed by atoms with Crippen LogP contribution in [0.3, 0.4) is 0 Å². The van der Waals surface area contributed by atoms with E-state index in [-0.39, 0.29) is 0 Å². The Balaban J connectivity index is 2.32. The second-order valence-corrected chi connectivity index (χ2v) is 3.28. The van der Waals surface area contributed by atoms with Crippen molar-refractivity contribution in [1.82, 2.24) is 15.0 Å². The van der Waals surface area contributed by atoms with E-state index in [1.54, 1.807) is 19.6 Å². The van der Waals surface area contributed by atoms with Crippen molar-refractivity contribution in [3.63, 3.8) is 0 Å². The van der Waals surface area contributed by atoms with E-state index < -0.39 is 0 Å². The standard InChI is InChI=1S/C11H9N3O2/c1-15-10-7(11-12-4-5-16-11)2-3-8-9(10)14-6-13-8/h2-6H,1H3,(H,13,14). The number of nitrogens with one attached hydrogen (secondary N) is 1. The fraction of sp³-hybridized carbons (Fsp3) is 0.0909. The summed E-state index contributed by atoms with van der Waals surface area (Å²) in [6, 6.07) is 3.82. The quantitative estimate of drug-likeness (QED) is 0.711. The molecule has 2 aromatic heterocycles. The lowest BCUT2D eigenvalue weighted by atomic mass is 10.1. The largest absolute Gasteiger partial charge is 0.494 e. The first-order chi connectivity index (χ1) is 7.90. The van der Waals surface area contributed by atoms with Gasteiger partial charge in [-0.1, -0.05) is 0 Å². The van der Waals surface area contributed by atoms with Crippen LogP contribution in [0.1, 0.15) is 0 Å². The van der Waals surface area contributed by atoms with E-state index in [0.29, 0.717) is 11.6 Å². The van der Waals surface area contributed by atoms with E-state index in [4.69, 9.17) is 9.15 Å². The van der Waals surface area contributed by atoms with E-state index >= 15 is 0 Å². The number of methoxy groups -OCH3 is 1. The summed E-state index contributed by atoms with van der Waals surface area (Å²) in [5.74, 6) is 1.20. The number of ether oxygens (including phenoxy) is 1. The smallest absolute Gasteiger partial charge is 0.229 e. The Bertz CT molecular complexity index is 613. The SMILES string of the molecule is COc1c(-c2ncco2)ccc2[nH]cnc12. The van der Waals surface area contributed by atoms with E-state index in [0.717, 1.165) is 16.6 Å². The minimum Gasteiger partial charge on any atom is -0.494 e. The minimum absolute atomic E-state index is 0.529. The van der Waals surface area contributed by atoms with E-state index in [1.165, 1.54) is 6.26 Å². The van der Waals surface area contributed by atoms with Crippen molar-refractivity contribution in [2.75, 3.05) is 7.11 Å². The van der Waals surface area contributed by atoms with Gasteiger partial charge in [0.25, 0.3) is 0 Å². The van der Waals surface area contributed by atoms with Gasteiger partial charge < -0.3 is 14.1 Å². The molecule has 0 saturated carbocycles. The lowest BCUT2D eigenvalue weighted by Gasteiger charge is -2.05. The molecule has 5 heteroatoms. The van der Waals surface area contributed by atoms with Crippen LogP contribution in [0.4, 0.5) is 0 Å². The van der Waals surface area contributed by atoms with Gasteiger partial charge in [-0.2, -0.15) is 0 Å². The summed E-state index contributed by atoms with van der Waals surface area (Å²) >= 11 is 0. The number of aromatic amines is 1. The molecule has 0 fully saturated rings. The van der Waals surface area contributed by atoms with Crippen LogP contribution in [-0.2, 0) is 0 Å². The molecule has 2 heterocycles. The molecule has 0 spiro atoms. The Kier molecular flexibility index (Phi) is 1.89. The molecule has 0 atom stereocenters. The molecule has 0 amide bonds. The Labute approximate surface area is 91.1 Å². The first kappa shape index (κ1) is 8.96. The van der Waals surface area contributed by atoms with E-state index in [2.05, 4.69) is 15.0 Å². The maximum Gasteiger partial charge on any atom is 0.229 e. The lowest BCUT2D eigenvalue weighted by molar-refractivity contribution is 0.418. The molecule has 0 aliphatic rings. The molecule has 1 aromatic carbocycles. The maximum absolute atomic E-state index is 5.36. The fourth-order valence-electron chi connectivity index (χ4n) is 1.71. The second kappa shape index (κ2) is 3.37. The third-order valence-corrected chi connectivity index (χ3v) is 2.41.